The van der Waals surface area contributed by atoms with Crippen LogP contribution in [0.4, 0.5) is 24.7 Å². The molecule has 1 aliphatic heterocycles. The number of fused-ring (bicyclic) bond motifs is 1. The SMILES string of the molecule is Cc1ccc(N2CCN(c3ncnc4c3c(-c3ccccc3)cn4-c3cccc(C(F)(F)F)c3)C[C@@H]2C)cc1. The zero-order chi connectivity index (χ0) is 27.1. The second kappa shape index (κ2) is 9.76. The molecule has 0 radical (unpaired) electrons. The fourth-order valence-corrected chi connectivity index (χ4v) is 5.42. The molecule has 1 atom stereocenters. The monoisotopic (exact) mass is 527 g/mol. The molecule has 0 amide bonds. The van der Waals surface area contributed by atoms with Gasteiger partial charge < -0.3 is 14.4 Å². The van der Waals surface area contributed by atoms with Crippen LogP contribution in [0.3, 0.4) is 0 Å². The minimum atomic E-state index is -4.44. The molecule has 3 heterocycles. The Balaban J connectivity index is 1.45. The molecule has 0 bridgehead atoms. The highest BCUT2D eigenvalue weighted by molar-refractivity contribution is 6.02. The van der Waals surface area contributed by atoms with Crippen molar-refractivity contribution in [1.29, 1.82) is 0 Å². The Morgan fingerprint density at radius 2 is 1.62 bits per heavy atom. The molecule has 39 heavy (non-hydrogen) atoms. The number of hydrogen-bond donors (Lipinski definition) is 0. The van der Waals surface area contributed by atoms with Crippen molar-refractivity contribution in [3.8, 4) is 16.8 Å². The van der Waals surface area contributed by atoms with Crippen LogP contribution < -0.4 is 9.80 Å². The van der Waals surface area contributed by atoms with Crippen molar-refractivity contribution < 1.29 is 13.2 Å². The lowest BCUT2D eigenvalue weighted by Crippen LogP contribution is -2.52. The van der Waals surface area contributed by atoms with Crippen molar-refractivity contribution >= 4 is 22.5 Å². The molecule has 3 aromatic carbocycles. The maximum Gasteiger partial charge on any atom is 0.416 e. The number of halogens is 3. The molecule has 6 rings (SSSR count). The summed E-state index contributed by atoms with van der Waals surface area (Å²) < 4.78 is 42.4. The van der Waals surface area contributed by atoms with Crippen molar-refractivity contribution in [2.45, 2.75) is 26.1 Å². The molecule has 8 heteroatoms. The van der Waals surface area contributed by atoms with E-state index in [2.05, 4.69) is 52.9 Å². The van der Waals surface area contributed by atoms with Crippen LogP contribution in [0.1, 0.15) is 18.1 Å². The highest BCUT2D eigenvalue weighted by Crippen LogP contribution is 2.38. The molecule has 0 saturated carbocycles. The van der Waals surface area contributed by atoms with Gasteiger partial charge in [0.2, 0.25) is 0 Å². The number of benzene rings is 3. The third-order valence-corrected chi connectivity index (χ3v) is 7.39. The quantitative estimate of drug-likeness (QED) is 0.249. The van der Waals surface area contributed by atoms with Crippen molar-refractivity contribution in [1.82, 2.24) is 14.5 Å². The van der Waals surface area contributed by atoms with Gasteiger partial charge in [0.05, 0.1) is 10.9 Å². The van der Waals surface area contributed by atoms with Gasteiger partial charge in [0, 0.05) is 48.8 Å². The molecular weight excluding hydrogens is 499 g/mol. The number of rotatable bonds is 4. The zero-order valence-electron chi connectivity index (χ0n) is 21.7. The first kappa shape index (κ1) is 25.0. The summed E-state index contributed by atoms with van der Waals surface area (Å²) in [6.07, 6.45) is -1.05. The van der Waals surface area contributed by atoms with Crippen LogP contribution >= 0.6 is 0 Å². The zero-order valence-corrected chi connectivity index (χ0v) is 21.7. The van der Waals surface area contributed by atoms with Crippen LogP contribution in [0.25, 0.3) is 27.8 Å². The Bertz CT molecular complexity index is 1610. The average Bonchev–Trinajstić information content (AvgIpc) is 3.34. The summed E-state index contributed by atoms with van der Waals surface area (Å²) in [6, 6.07) is 24.0. The first-order valence-electron chi connectivity index (χ1n) is 13.0. The first-order chi connectivity index (χ1) is 18.8. The van der Waals surface area contributed by atoms with Crippen molar-refractivity contribution in [3.05, 3.63) is 103 Å². The van der Waals surface area contributed by atoms with Crippen LogP contribution in [0.2, 0.25) is 0 Å². The van der Waals surface area contributed by atoms with Crippen LogP contribution in [-0.2, 0) is 6.18 Å². The van der Waals surface area contributed by atoms with E-state index >= 15 is 0 Å². The fraction of sp³-hybridized carbons (Fsp3) is 0.226. The van der Waals surface area contributed by atoms with Gasteiger partial charge in [0.1, 0.15) is 12.1 Å². The molecule has 0 unspecified atom stereocenters. The fourth-order valence-electron chi connectivity index (χ4n) is 5.42. The average molecular weight is 528 g/mol. The van der Waals surface area contributed by atoms with E-state index in [9.17, 15) is 13.2 Å². The normalized spacial score (nSPS) is 16.2. The lowest BCUT2D eigenvalue weighted by atomic mass is 10.1. The number of hydrogen-bond acceptors (Lipinski definition) is 4. The maximum atomic E-state index is 13.5. The van der Waals surface area contributed by atoms with Crippen LogP contribution in [0.15, 0.2) is 91.4 Å². The molecule has 0 spiro atoms. The van der Waals surface area contributed by atoms with E-state index in [-0.39, 0.29) is 6.04 Å². The van der Waals surface area contributed by atoms with Crippen molar-refractivity contribution in [2.24, 2.45) is 0 Å². The lowest BCUT2D eigenvalue weighted by Gasteiger charge is -2.42. The number of piperazine rings is 1. The van der Waals surface area contributed by atoms with Gasteiger partial charge in [0.15, 0.2) is 5.65 Å². The van der Waals surface area contributed by atoms with Gasteiger partial charge in [-0.1, -0.05) is 54.1 Å². The van der Waals surface area contributed by atoms with E-state index in [0.29, 0.717) is 11.3 Å². The number of alkyl halides is 3. The smallest absolute Gasteiger partial charge is 0.365 e. The van der Waals surface area contributed by atoms with Crippen molar-refractivity contribution in [2.75, 3.05) is 29.4 Å². The summed E-state index contributed by atoms with van der Waals surface area (Å²) in [6.45, 7) is 6.62. The molecule has 5 nitrogen and oxygen atoms in total. The molecule has 198 valence electrons. The molecule has 1 fully saturated rings. The second-order valence-corrected chi connectivity index (χ2v) is 10.0. The Morgan fingerprint density at radius 1 is 0.846 bits per heavy atom. The summed E-state index contributed by atoms with van der Waals surface area (Å²) in [5.41, 5.74) is 4.54. The Morgan fingerprint density at radius 3 is 2.33 bits per heavy atom. The Kier molecular flexibility index (Phi) is 6.25. The second-order valence-electron chi connectivity index (χ2n) is 10.0. The van der Waals surface area contributed by atoms with Crippen LogP contribution in [0, 0.1) is 6.92 Å². The highest BCUT2D eigenvalue weighted by Gasteiger charge is 2.31. The van der Waals surface area contributed by atoms with E-state index in [4.69, 9.17) is 4.98 Å². The van der Waals surface area contributed by atoms with Gasteiger partial charge in [-0.05, 0) is 49.7 Å². The van der Waals surface area contributed by atoms with Gasteiger partial charge in [-0.2, -0.15) is 13.2 Å². The number of aryl methyl sites for hydroxylation is 1. The summed E-state index contributed by atoms with van der Waals surface area (Å²) in [4.78, 5) is 14.0. The molecule has 0 N–H and O–H groups in total. The number of aromatic nitrogens is 3. The van der Waals surface area contributed by atoms with Gasteiger partial charge in [-0.15, -0.1) is 0 Å². The largest absolute Gasteiger partial charge is 0.416 e. The minimum Gasteiger partial charge on any atom is -0.365 e. The first-order valence-corrected chi connectivity index (χ1v) is 13.0. The van der Waals surface area contributed by atoms with Gasteiger partial charge in [-0.25, -0.2) is 9.97 Å². The highest BCUT2D eigenvalue weighted by atomic mass is 19.4. The molecule has 1 aliphatic rings. The number of nitrogens with zero attached hydrogens (tertiary/aromatic N) is 5. The Hall–Kier alpha value is -4.33. The van der Waals surface area contributed by atoms with Gasteiger partial charge >= 0.3 is 6.18 Å². The van der Waals surface area contributed by atoms with E-state index in [1.54, 1.807) is 10.6 Å². The Labute approximate surface area is 225 Å². The summed E-state index contributed by atoms with van der Waals surface area (Å²) >= 11 is 0. The lowest BCUT2D eigenvalue weighted by molar-refractivity contribution is -0.137. The number of anilines is 2. The molecule has 1 saturated heterocycles. The molecule has 0 aliphatic carbocycles. The van der Waals surface area contributed by atoms with Crippen LogP contribution in [-0.4, -0.2) is 40.2 Å². The maximum absolute atomic E-state index is 13.5. The van der Waals surface area contributed by atoms with E-state index in [1.807, 2.05) is 36.5 Å². The van der Waals surface area contributed by atoms with E-state index in [1.165, 1.54) is 29.7 Å². The topological polar surface area (TPSA) is 37.2 Å². The molecular formula is C31H28F3N5. The van der Waals surface area contributed by atoms with E-state index < -0.39 is 11.7 Å². The van der Waals surface area contributed by atoms with E-state index in [0.717, 1.165) is 48.0 Å². The standard InChI is InChI=1S/C31H28F3N5/c1-21-11-13-25(14-12-21)38-16-15-37(18-22(38)2)29-28-27(23-7-4-3-5-8-23)19-39(30(28)36-20-35-29)26-10-6-9-24(17-26)31(32,33)34/h3-14,17,19-20,22H,15-16,18H2,1-2H3/t22-/m0/s1. The third kappa shape index (κ3) is 4.71. The van der Waals surface area contributed by atoms with Crippen LogP contribution in [0.5, 0.6) is 0 Å². The molecule has 5 aromatic rings. The van der Waals surface area contributed by atoms with Gasteiger partial charge in [0.25, 0.3) is 0 Å². The summed E-state index contributed by atoms with van der Waals surface area (Å²) in [5, 5.41) is 0.831. The van der Waals surface area contributed by atoms with Crippen molar-refractivity contribution in [3.63, 3.8) is 0 Å². The summed E-state index contributed by atoms with van der Waals surface area (Å²) in [5.74, 6) is 0.792. The summed E-state index contributed by atoms with van der Waals surface area (Å²) in [7, 11) is 0. The predicted octanol–water partition coefficient (Wildman–Crippen LogP) is 7.13. The minimum absolute atomic E-state index is 0.234. The molecule has 2 aromatic heterocycles. The predicted molar refractivity (Wildman–Crippen MR) is 150 cm³/mol. The van der Waals surface area contributed by atoms with Gasteiger partial charge in [-0.3, -0.25) is 0 Å². The third-order valence-electron chi connectivity index (χ3n) is 7.39.